The Morgan fingerprint density at radius 1 is 1.62 bits per heavy atom. The topological polar surface area (TPSA) is 9.23 Å². The molecule has 0 atom stereocenters. The largest absolute Gasteiger partial charge is 0.384 e. The molecule has 0 heterocycles. The van der Waals surface area contributed by atoms with Gasteiger partial charge in [-0.05, 0) is 12.8 Å². The lowest BCUT2D eigenvalue weighted by Gasteiger charge is -2.07. The van der Waals surface area contributed by atoms with Crippen LogP contribution >= 0.6 is 22.6 Å². The van der Waals surface area contributed by atoms with E-state index in [2.05, 4.69) is 22.6 Å². The molecule has 1 aliphatic rings. The van der Waals surface area contributed by atoms with E-state index in [9.17, 15) is 0 Å². The summed E-state index contributed by atoms with van der Waals surface area (Å²) >= 11 is 2.44. The van der Waals surface area contributed by atoms with Crippen molar-refractivity contribution in [2.75, 3.05) is 18.1 Å². The van der Waals surface area contributed by atoms with Crippen LogP contribution in [0.5, 0.6) is 0 Å². The minimum absolute atomic E-state index is 0.606. The fourth-order valence-corrected chi connectivity index (χ4v) is 1.78. The van der Waals surface area contributed by atoms with Gasteiger partial charge >= 0.3 is 0 Å². The Morgan fingerprint density at radius 2 is 2.25 bits per heavy atom. The molecule has 2 heteroatoms. The summed E-state index contributed by atoms with van der Waals surface area (Å²) in [5.41, 5.74) is 0.606. The number of rotatable bonds is 3. The highest BCUT2D eigenvalue weighted by Crippen LogP contribution is 2.47. The van der Waals surface area contributed by atoms with Gasteiger partial charge in [0.05, 0.1) is 6.61 Å². The Kier molecular flexibility index (Phi) is 2.14. The molecule has 0 saturated heterocycles. The predicted molar refractivity (Wildman–Crippen MR) is 42.4 cm³/mol. The third-order valence-corrected chi connectivity index (χ3v) is 3.31. The van der Waals surface area contributed by atoms with E-state index in [-0.39, 0.29) is 0 Å². The molecule has 0 amide bonds. The van der Waals surface area contributed by atoms with Crippen molar-refractivity contribution in [3.63, 3.8) is 0 Å². The Morgan fingerprint density at radius 3 is 2.38 bits per heavy atom. The van der Waals surface area contributed by atoms with Crippen LogP contribution in [0, 0.1) is 5.41 Å². The maximum Gasteiger partial charge on any atom is 0.0526 e. The van der Waals surface area contributed by atoms with Crippen LogP contribution < -0.4 is 0 Å². The van der Waals surface area contributed by atoms with E-state index in [0.29, 0.717) is 5.41 Å². The van der Waals surface area contributed by atoms with Gasteiger partial charge in [-0.2, -0.15) is 0 Å². The van der Waals surface area contributed by atoms with Crippen molar-refractivity contribution in [3.05, 3.63) is 0 Å². The molecule has 0 spiro atoms. The summed E-state index contributed by atoms with van der Waals surface area (Å²) in [6.45, 7) is 0.968. The molecule has 8 heavy (non-hydrogen) atoms. The lowest BCUT2D eigenvalue weighted by molar-refractivity contribution is 0.153. The average molecular weight is 226 g/mol. The normalized spacial score (nSPS) is 23.2. The van der Waals surface area contributed by atoms with E-state index < -0.39 is 0 Å². The van der Waals surface area contributed by atoms with Gasteiger partial charge in [0.1, 0.15) is 0 Å². The first-order chi connectivity index (χ1) is 3.83. The first kappa shape index (κ1) is 6.81. The lowest BCUT2D eigenvalue weighted by atomic mass is 10.2. The number of hydrogen-bond acceptors (Lipinski definition) is 1. The van der Waals surface area contributed by atoms with Crippen LogP contribution in [0.1, 0.15) is 12.8 Å². The van der Waals surface area contributed by atoms with E-state index in [1.807, 2.05) is 0 Å². The lowest BCUT2D eigenvalue weighted by Crippen LogP contribution is -2.09. The van der Waals surface area contributed by atoms with Crippen LogP contribution in [0.2, 0.25) is 0 Å². The van der Waals surface area contributed by atoms with Crippen LogP contribution in [0.3, 0.4) is 0 Å². The second-order valence-electron chi connectivity index (χ2n) is 2.57. The highest BCUT2D eigenvalue weighted by molar-refractivity contribution is 14.1. The van der Waals surface area contributed by atoms with Crippen LogP contribution in [-0.4, -0.2) is 18.1 Å². The molecule has 0 bridgehead atoms. The minimum atomic E-state index is 0.606. The van der Waals surface area contributed by atoms with Gasteiger partial charge in [-0.15, -0.1) is 0 Å². The highest BCUT2D eigenvalue weighted by Gasteiger charge is 2.41. The summed E-state index contributed by atoms with van der Waals surface area (Å²) < 4.78 is 6.32. The molecule has 0 aromatic rings. The third-order valence-electron chi connectivity index (χ3n) is 1.69. The van der Waals surface area contributed by atoms with Crippen molar-refractivity contribution in [2.24, 2.45) is 5.41 Å². The second-order valence-corrected chi connectivity index (χ2v) is 3.33. The van der Waals surface area contributed by atoms with Gasteiger partial charge in [0.2, 0.25) is 0 Å². The number of hydrogen-bond donors (Lipinski definition) is 0. The van der Waals surface area contributed by atoms with E-state index in [0.717, 1.165) is 6.61 Å². The van der Waals surface area contributed by atoms with Crippen LogP contribution in [0.15, 0.2) is 0 Å². The molecule has 1 nitrogen and oxygen atoms in total. The fourth-order valence-electron chi connectivity index (χ4n) is 0.800. The molecule has 1 rings (SSSR count). The first-order valence-electron chi connectivity index (χ1n) is 2.88. The summed E-state index contributed by atoms with van der Waals surface area (Å²) in [4.78, 5) is 0. The van der Waals surface area contributed by atoms with Gasteiger partial charge in [0, 0.05) is 17.0 Å². The molecule has 0 radical (unpaired) electrons. The van der Waals surface area contributed by atoms with Crippen molar-refractivity contribution in [1.82, 2.24) is 0 Å². The number of methoxy groups -OCH3 is 1. The number of ether oxygens (including phenoxy) is 1. The van der Waals surface area contributed by atoms with Gasteiger partial charge < -0.3 is 4.74 Å². The molecule has 48 valence electrons. The molecular formula is C6H11IO. The molecular weight excluding hydrogens is 215 g/mol. The monoisotopic (exact) mass is 226 g/mol. The molecule has 1 aliphatic carbocycles. The second kappa shape index (κ2) is 2.52. The summed E-state index contributed by atoms with van der Waals surface area (Å²) in [7, 11) is 1.78. The molecule has 0 unspecified atom stereocenters. The molecule has 0 aromatic carbocycles. The van der Waals surface area contributed by atoms with Gasteiger partial charge in [-0.1, -0.05) is 22.6 Å². The van der Waals surface area contributed by atoms with E-state index >= 15 is 0 Å². The van der Waals surface area contributed by atoms with Crippen LogP contribution in [0.4, 0.5) is 0 Å². The van der Waals surface area contributed by atoms with Crippen molar-refractivity contribution in [3.8, 4) is 0 Å². The van der Waals surface area contributed by atoms with E-state index in [1.54, 1.807) is 7.11 Å². The fraction of sp³-hybridized carbons (Fsp3) is 1.00. The summed E-state index contributed by atoms with van der Waals surface area (Å²) in [6, 6.07) is 0. The zero-order valence-electron chi connectivity index (χ0n) is 5.11. The van der Waals surface area contributed by atoms with E-state index in [1.165, 1.54) is 17.3 Å². The predicted octanol–water partition coefficient (Wildman–Crippen LogP) is 1.85. The van der Waals surface area contributed by atoms with E-state index in [4.69, 9.17) is 4.74 Å². The highest BCUT2D eigenvalue weighted by atomic mass is 127. The number of alkyl halides is 1. The molecule has 1 saturated carbocycles. The van der Waals surface area contributed by atoms with Crippen LogP contribution in [0.25, 0.3) is 0 Å². The van der Waals surface area contributed by atoms with Crippen molar-refractivity contribution in [1.29, 1.82) is 0 Å². The van der Waals surface area contributed by atoms with Gasteiger partial charge in [-0.3, -0.25) is 0 Å². The Hall–Kier alpha value is 0.690. The zero-order chi connectivity index (χ0) is 6.04. The van der Waals surface area contributed by atoms with Gasteiger partial charge in [0.25, 0.3) is 0 Å². The Labute approximate surface area is 63.9 Å². The van der Waals surface area contributed by atoms with Gasteiger partial charge in [0.15, 0.2) is 0 Å². The van der Waals surface area contributed by atoms with Crippen LogP contribution in [-0.2, 0) is 4.74 Å². The maximum atomic E-state index is 5.06. The Balaban J connectivity index is 2.20. The van der Waals surface area contributed by atoms with Crippen molar-refractivity contribution in [2.45, 2.75) is 12.8 Å². The SMILES string of the molecule is COCC1(CI)CC1. The molecule has 0 aromatic heterocycles. The average Bonchev–Trinajstić information content (AvgIpc) is 2.50. The molecule has 0 N–H and O–H groups in total. The smallest absolute Gasteiger partial charge is 0.0526 e. The third kappa shape index (κ3) is 1.35. The molecule has 1 fully saturated rings. The standard InChI is InChI=1S/C6H11IO/c1-8-5-6(4-7)2-3-6/h2-5H2,1H3. The zero-order valence-corrected chi connectivity index (χ0v) is 7.27. The summed E-state index contributed by atoms with van der Waals surface area (Å²) in [5.74, 6) is 0. The summed E-state index contributed by atoms with van der Waals surface area (Å²) in [6.07, 6.45) is 2.76. The Bertz CT molecular complexity index is 78.6. The maximum absolute atomic E-state index is 5.06. The molecule has 0 aliphatic heterocycles. The number of halogens is 1. The first-order valence-corrected chi connectivity index (χ1v) is 4.40. The minimum Gasteiger partial charge on any atom is -0.384 e. The van der Waals surface area contributed by atoms with Crippen molar-refractivity contribution < 1.29 is 4.74 Å². The quantitative estimate of drug-likeness (QED) is 0.527. The summed E-state index contributed by atoms with van der Waals surface area (Å²) in [5, 5.41) is 0. The van der Waals surface area contributed by atoms with Crippen molar-refractivity contribution >= 4 is 22.6 Å². The van der Waals surface area contributed by atoms with Gasteiger partial charge in [-0.25, -0.2) is 0 Å².